The highest BCUT2D eigenvalue weighted by molar-refractivity contribution is 6.34. The first kappa shape index (κ1) is 30.2. The van der Waals surface area contributed by atoms with Crippen molar-refractivity contribution in [3.63, 3.8) is 0 Å². The number of fused-ring (bicyclic) bond motifs is 1. The van der Waals surface area contributed by atoms with Crippen molar-refractivity contribution >= 4 is 57.6 Å². The summed E-state index contributed by atoms with van der Waals surface area (Å²) in [6.07, 6.45) is -0.575. The topological polar surface area (TPSA) is 158 Å². The monoisotopic (exact) mass is 635 g/mol. The molecular weight excluding hydrogens is 611 g/mol. The molecule has 226 valence electrons. The molecular formula is C27H25Cl2F2N7O5. The third-order valence-electron chi connectivity index (χ3n) is 7.28. The van der Waals surface area contributed by atoms with Crippen LogP contribution < -0.4 is 21.5 Å². The summed E-state index contributed by atoms with van der Waals surface area (Å²) in [6.45, 7) is 1.24. The molecule has 1 aliphatic rings. The molecule has 3 aromatic heterocycles. The minimum absolute atomic E-state index is 0.0587. The van der Waals surface area contributed by atoms with Gasteiger partial charge in [0.2, 0.25) is 11.9 Å². The number of hydrogen-bond acceptors (Lipinski definition) is 8. The molecule has 4 N–H and O–H groups in total. The summed E-state index contributed by atoms with van der Waals surface area (Å²) in [5, 5.41) is 12.2. The summed E-state index contributed by atoms with van der Waals surface area (Å²) < 4.78 is 36.7. The van der Waals surface area contributed by atoms with Crippen LogP contribution in [0.5, 0.6) is 5.75 Å². The number of rotatable bonds is 7. The van der Waals surface area contributed by atoms with E-state index >= 15 is 0 Å². The molecule has 0 unspecified atom stereocenters. The van der Waals surface area contributed by atoms with Crippen molar-refractivity contribution in [3.8, 4) is 16.9 Å². The number of nitrogens with two attached hydrogens (primary N) is 1. The van der Waals surface area contributed by atoms with Crippen LogP contribution in [0.3, 0.4) is 0 Å². The quantitative estimate of drug-likeness (QED) is 0.261. The number of anilines is 2. The second-order valence-electron chi connectivity index (χ2n) is 9.99. The van der Waals surface area contributed by atoms with E-state index in [9.17, 15) is 28.3 Å². The van der Waals surface area contributed by atoms with Crippen LogP contribution in [0.15, 0.2) is 29.2 Å². The van der Waals surface area contributed by atoms with Crippen LogP contribution in [0.2, 0.25) is 10.0 Å². The lowest BCUT2D eigenvalue weighted by atomic mass is 10.0. The number of alkyl halides is 1. The number of nitrogens with zero attached hydrogens (tertiary/aromatic N) is 5. The number of primary amides is 1. The number of pyridine rings is 1. The van der Waals surface area contributed by atoms with Gasteiger partial charge in [0, 0.05) is 38.5 Å². The van der Waals surface area contributed by atoms with Crippen molar-refractivity contribution < 1.29 is 28.2 Å². The number of methoxy groups -OCH3 is 1. The third kappa shape index (κ3) is 5.48. The van der Waals surface area contributed by atoms with E-state index in [1.54, 1.807) is 6.92 Å². The molecule has 1 aromatic carbocycles. The average Bonchev–Trinajstić information content (AvgIpc) is 3.51. The van der Waals surface area contributed by atoms with Gasteiger partial charge in [-0.3, -0.25) is 19.0 Å². The smallest absolute Gasteiger partial charge is 0.263 e. The lowest BCUT2D eigenvalue weighted by molar-refractivity contribution is -0.116. The number of hydrogen-bond donors (Lipinski definition) is 3. The highest BCUT2D eigenvalue weighted by Crippen LogP contribution is 2.36. The SMILES string of the molecule is CO[C@H]1CN(c2cc(NC(=O)Cn3cc(-c4cc(Cl)c(O)c(C(N)=O)c4)c4c(=O)n(C)c(C)nc43)c(Cl)c(F)n2)C[C@H]1F. The fraction of sp³-hybridized carbons (Fsp3) is 0.296. The van der Waals surface area contributed by atoms with Crippen molar-refractivity contribution in [1.82, 2.24) is 19.1 Å². The molecule has 4 heterocycles. The molecule has 4 aromatic rings. The van der Waals surface area contributed by atoms with Gasteiger partial charge in [-0.15, -0.1) is 0 Å². The molecule has 16 heteroatoms. The summed E-state index contributed by atoms with van der Waals surface area (Å²) in [5.74, 6) is -2.78. The average molecular weight is 636 g/mol. The van der Waals surface area contributed by atoms with Crippen molar-refractivity contribution in [2.45, 2.75) is 25.7 Å². The Morgan fingerprint density at radius 2 is 1.95 bits per heavy atom. The lowest BCUT2D eigenvalue weighted by Gasteiger charge is -2.18. The van der Waals surface area contributed by atoms with E-state index in [0.29, 0.717) is 5.82 Å². The predicted molar refractivity (Wildman–Crippen MR) is 156 cm³/mol. The second-order valence-corrected chi connectivity index (χ2v) is 10.8. The third-order valence-corrected chi connectivity index (χ3v) is 7.93. The molecule has 1 fully saturated rings. The Hall–Kier alpha value is -4.27. The maximum atomic E-state index is 14.7. The van der Waals surface area contributed by atoms with Gasteiger partial charge in [-0.05, 0) is 24.6 Å². The Labute approximate surface area is 252 Å². The number of amides is 2. The Balaban J connectivity index is 1.53. The molecule has 2 amide bonds. The van der Waals surface area contributed by atoms with Crippen LogP contribution >= 0.6 is 23.2 Å². The van der Waals surface area contributed by atoms with Gasteiger partial charge in [0.15, 0.2) is 0 Å². The largest absolute Gasteiger partial charge is 0.506 e. The normalized spacial score (nSPS) is 16.7. The van der Waals surface area contributed by atoms with Crippen molar-refractivity contribution in [3.05, 3.63) is 62.1 Å². The maximum Gasteiger partial charge on any atom is 0.263 e. The molecule has 0 aliphatic carbocycles. The standard InChI is InChI=1S/C27H25Cl2F2N7O5/c1-11-33-26-21(27(42)36(11)2)14(12-4-13(25(32)41)23(40)15(28)5-12)7-38(26)10-20(39)34-17-6-19(35-24(31)22(17)29)37-8-16(30)18(9-37)43-3/h4-7,16,18,40H,8-10H2,1-3H3,(H2,32,41)(H,34,35,39)/t16-,18+/m1/s1. The van der Waals surface area contributed by atoms with Crippen LogP contribution in [-0.4, -0.2) is 68.5 Å². The number of carbonyl (C=O) groups is 2. The van der Waals surface area contributed by atoms with E-state index in [2.05, 4.69) is 15.3 Å². The fourth-order valence-corrected chi connectivity index (χ4v) is 5.29. The Bertz CT molecular complexity index is 1860. The van der Waals surface area contributed by atoms with Gasteiger partial charge in [0.05, 0.1) is 28.2 Å². The number of phenols is 1. The molecule has 5 rings (SSSR count). The first-order valence-electron chi connectivity index (χ1n) is 12.8. The fourth-order valence-electron chi connectivity index (χ4n) is 4.93. The minimum Gasteiger partial charge on any atom is -0.506 e. The van der Waals surface area contributed by atoms with Crippen LogP contribution in [0.4, 0.5) is 20.3 Å². The van der Waals surface area contributed by atoms with Gasteiger partial charge >= 0.3 is 0 Å². The van der Waals surface area contributed by atoms with E-state index in [0.717, 1.165) is 0 Å². The number of aryl methyl sites for hydroxylation is 1. The molecule has 1 aliphatic heterocycles. The summed E-state index contributed by atoms with van der Waals surface area (Å²) in [6, 6.07) is 3.95. The van der Waals surface area contributed by atoms with Crippen LogP contribution in [-0.2, 0) is 23.1 Å². The molecule has 2 atom stereocenters. The van der Waals surface area contributed by atoms with Gasteiger partial charge in [-0.1, -0.05) is 23.2 Å². The second kappa shape index (κ2) is 11.4. The highest BCUT2D eigenvalue weighted by atomic mass is 35.5. The molecule has 0 spiro atoms. The van der Waals surface area contributed by atoms with E-state index < -0.39 is 52.9 Å². The number of nitrogens with one attached hydrogen (secondary N) is 1. The van der Waals surface area contributed by atoms with Gasteiger partial charge < -0.3 is 30.4 Å². The Morgan fingerprint density at radius 3 is 2.60 bits per heavy atom. The van der Waals surface area contributed by atoms with Crippen molar-refractivity contribution in [1.29, 1.82) is 0 Å². The van der Waals surface area contributed by atoms with Gasteiger partial charge in [0.1, 0.15) is 46.9 Å². The first-order chi connectivity index (χ1) is 20.3. The summed E-state index contributed by atoms with van der Waals surface area (Å²) in [4.78, 5) is 48.3. The summed E-state index contributed by atoms with van der Waals surface area (Å²) >= 11 is 12.3. The van der Waals surface area contributed by atoms with Gasteiger partial charge in [-0.2, -0.15) is 4.39 Å². The summed E-state index contributed by atoms with van der Waals surface area (Å²) in [5.41, 5.74) is 5.24. The maximum absolute atomic E-state index is 14.7. The zero-order valence-corrected chi connectivity index (χ0v) is 24.5. The van der Waals surface area contributed by atoms with Crippen molar-refractivity contribution in [2.75, 3.05) is 30.4 Å². The lowest BCUT2D eigenvalue weighted by Crippen LogP contribution is -2.25. The van der Waals surface area contributed by atoms with Crippen LogP contribution in [0, 0.1) is 12.9 Å². The first-order valence-corrected chi connectivity index (χ1v) is 13.5. The van der Waals surface area contributed by atoms with Crippen molar-refractivity contribution in [2.24, 2.45) is 12.8 Å². The van der Waals surface area contributed by atoms with Crippen LogP contribution in [0.1, 0.15) is 16.2 Å². The predicted octanol–water partition coefficient (Wildman–Crippen LogP) is 3.17. The Morgan fingerprint density at radius 1 is 1.23 bits per heavy atom. The highest BCUT2D eigenvalue weighted by Gasteiger charge is 2.34. The number of aromatic nitrogens is 4. The van der Waals surface area contributed by atoms with Gasteiger partial charge in [-0.25, -0.2) is 14.4 Å². The van der Waals surface area contributed by atoms with E-state index in [1.807, 2.05) is 0 Å². The number of benzene rings is 1. The molecule has 12 nitrogen and oxygen atoms in total. The Kier molecular flexibility index (Phi) is 8.03. The van der Waals surface area contributed by atoms with Gasteiger partial charge in [0.25, 0.3) is 11.5 Å². The molecule has 0 radical (unpaired) electrons. The molecule has 43 heavy (non-hydrogen) atoms. The number of aromatic hydroxyl groups is 1. The zero-order chi connectivity index (χ0) is 31.3. The van der Waals surface area contributed by atoms with Crippen LogP contribution in [0.25, 0.3) is 22.2 Å². The summed E-state index contributed by atoms with van der Waals surface area (Å²) in [7, 11) is 2.90. The number of ether oxygens (including phenoxy) is 1. The molecule has 1 saturated heterocycles. The van der Waals surface area contributed by atoms with E-state index in [-0.39, 0.29) is 57.3 Å². The number of carbonyl (C=O) groups excluding carboxylic acids is 2. The molecule has 0 bridgehead atoms. The zero-order valence-electron chi connectivity index (χ0n) is 23.0. The molecule has 0 saturated carbocycles. The minimum atomic E-state index is -1.31. The number of halogens is 4. The van der Waals surface area contributed by atoms with E-state index in [1.165, 1.54) is 52.6 Å². The van der Waals surface area contributed by atoms with E-state index in [4.69, 9.17) is 33.7 Å².